The number of nitrogens with zero attached hydrogens (tertiary/aromatic N) is 1. The first-order valence-electron chi connectivity index (χ1n) is 10.2. The third-order valence-corrected chi connectivity index (χ3v) is 5.71. The Kier molecular flexibility index (Phi) is 7.03. The van der Waals surface area contributed by atoms with Gasteiger partial charge in [-0.05, 0) is 69.0 Å². The number of benzene rings is 1. The van der Waals surface area contributed by atoms with E-state index in [4.69, 9.17) is 0 Å². The van der Waals surface area contributed by atoms with Crippen LogP contribution in [0.1, 0.15) is 45.4 Å². The van der Waals surface area contributed by atoms with Gasteiger partial charge in [-0.2, -0.15) is 0 Å². The molecule has 1 aliphatic carbocycles. The van der Waals surface area contributed by atoms with Crippen LogP contribution in [-0.4, -0.2) is 48.3 Å². The summed E-state index contributed by atoms with van der Waals surface area (Å²) in [5.74, 6) is -1.00. The minimum atomic E-state index is -0.671. The van der Waals surface area contributed by atoms with Crippen molar-refractivity contribution in [3.05, 3.63) is 24.3 Å². The molecule has 0 radical (unpaired) electrons. The molecule has 28 heavy (non-hydrogen) atoms. The first-order valence-corrected chi connectivity index (χ1v) is 10.2. The van der Waals surface area contributed by atoms with Gasteiger partial charge in [-0.1, -0.05) is 12.8 Å². The molecular weight excluding hydrogens is 356 g/mol. The molecule has 1 aliphatic heterocycles. The molecule has 152 valence electrons. The van der Waals surface area contributed by atoms with Gasteiger partial charge in [0.25, 0.3) is 0 Å². The summed E-state index contributed by atoms with van der Waals surface area (Å²) >= 11 is 0. The zero-order valence-corrected chi connectivity index (χ0v) is 16.5. The lowest BCUT2D eigenvalue weighted by Gasteiger charge is -2.36. The van der Waals surface area contributed by atoms with Crippen molar-refractivity contribution in [3.8, 4) is 0 Å². The Hall–Kier alpha value is -2.41. The average molecular weight is 386 g/mol. The van der Waals surface area contributed by atoms with E-state index in [1.807, 2.05) is 0 Å². The van der Waals surface area contributed by atoms with Gasteiger partial charge < -0.3 is 20.9 Å². The maximum absolute atomic E-state index is 12.1. The van der Waals surface area contributed by atoms with Gasteiger partial charge in [-0.15, -0.1) is 0 Å². The number of amides is 3. The highest BCUT2D eigenvalue weighted by Gasteiger charge is 2.27. The lowest BCUT2D eigenvalue weighted by molar-refractivity contribution is -0.136. The summed E-state index contributed by atoms with van der Waals surface area (Å²) in [5, 5.41) is 8.00. The molecule has 7 heteroatoms. The SMILES string of the molecule is CC(=O)Nc1ccc(NC(=O)C(=O)NCC2CCN(C3CCCC3)CC2)cc1. The van der Waals surface area contributed by atoms with E-state index in [0.29, 0.717) is 23.8 Å². The second kappa shape index (κ2) is 9.68. The summed E-state index contributed by atoms with van der Waals surface area (Å²) in [4.78, 5) is 37.8. The first-order chi connectivity index (χ1) is 13.5. The van der Waals surface area contributed by atoms with Gasteiger partial charge in [-0.3, -0.25) is 14.4 Å². The highest BCUT2D eigenvalue weighted by Crippen LogP contribution is 2.27. The van der Waals surface area contributed by atoms with Crippen molar-refractivity contribution in [2.45, 2.75) is 51.5 Å². The molecule has 1 heterocycles. The molecule has 1 saturated carbocycles. The lowest BCUT2D eigenvalue weighted by Crippen LogP contribution is -2.44. The fourth-order valence-corrected chi connectivity index (χ4v) is 4.14. The van der Waals surface area contributed by atoms with Gasteiger partial charge in [-0.25, -0.2) is 0 Å². The summed E-state index contributed by atoms with van der Waals surface area (Å²) in [6, 6.07) is 7.41. The number of carbonyl (C=O) groups excluding carboxylic acids is 3. The van der Waals surface area contributed by atoms with Crippen LogP contribution in [0.15, 0.2) is 24.3 Å². The van der Waals surface area contributed by atoms with E-state index in [1.54, 1.807) is 24.3 Å². The Morgan fingerprint density at radius 1 is 0.893 bits per heavy atom. The Bertz CT molecular complexity index is 690. The molecule has 1 aromatic rings. The predicted octanol–water partition coefficient (Wildman–Crippen LogP) is 2.35. The van der Waals surface area contributed by atoms with E-state index in [-0.39, 0.29) is 5.91 Å². The molecule has 3 amide bonds. The van der Waals surface area contributed by atoms with Crippen LogP contribution in [0.4, 0.5) is 11.4 Å². The summed E-state index contributed by atoms with van der Waals surface area (Å²) in [6.45, 7) is 4.17. The molecule has 0 spiro atoms. The Balaban J connectivity index is 1.37. The van der Waals surface area contributed by atoms with Crippen LogP contribution in [0.3, 0.4) is 0 Å². The molecular formula is C21H30N4O3. The molecule has 2 fully saturated rings. The maximum Gasteiger partial charge on any atom is 0.313 e. The van der Waals surface area contributed by atoms with Gasteiger partial charge in [0.05, 0.1) is 0 Å². The Morgan fingerprint density at radius 2 is 1.46 bits per heavy atom. The van der Waals surface area contributed by atoms with E-state index in [9.17, 15) is 14.4 Å². The maximum atomic E-state index is 12.1. The summed E-state index contributed by atoms with van der Waals surface area (Å²) in [6.07, 6.45) is 7.50. The average Bonchev–Trinajstić information content (AvgIpc) is 3.22. The molecule has 7 nitrogen and oxygen atoms in total. The molecule has 2 aliphatic rings. The molecule has 3 N–H and O–H groups in total. The molecule has 0 atom stereocenters. The fourth-order valence-electron chi connectivity index (χ4n) is 4.14. The topological polar surface area (TPSA) is 90.5 Å². The number of hydrogen-bond donors (Lipinski definition) is 3. The Morgan fingerprint density at radius 3 is 2.04 bits per heavy atom. The normalized spacial score (nSPS) is 18.6. The predicted molar refractivity (Wildman–Crippen MR) is 109 cm³/mol. The summed E-state index contributed by atoms with van der Waals surface area (Å²) in [5.41, 5.74) is 1.15. The van der Waals surface area contributed by atoms with E-state index in [0.717, 1.165) is 32.0 Å². The highest BCUT2D eigenvalue weighted by atomic mass is 16.2. The zero-order chi connectivity index (χ0) is 19.9. The summed E-state index contributed by atoms with van der Waals surface area (Å²) in [7, 11) is 0. The van der Waals surface area contributed by atoms with Gasteiger partial charge in [0, 0.05) is 30.9 Å². The zero-order valence-electron chi connectivity index (χ0n) is 16.5. The standard InChI is InChI=1S/C21H30N4O3/c1-15(26)23-17-6-8-18(9-7-17)24-21(28)20(27)22-14-16-10-12-25(13-11-16)19-4-2-3-5-19/h6-9,16,19H,2-5,10-14H2,1H3,(H,22,27)(H,23,26)(H,24,28). The van der Waals surface area contributed by atoms with Gasteiger partial charge in [0.2, 0.25) is 5.91 Å². The molecule has 1 saturated heterocycles. The monoisotopic (exact) mass is 386 g/mol. The number of anilines is 2. The first kappa shape index (κ1) is 20.3. The smallest absolute Gasteiger partial charge is 0.313 e. The van der Waals surface area contributed by atoms with Crippen LogP contribution >= 0.6 is 0 Å². The number of hydrogen-bond acceptors (Lipinski definition) is 4. The third-order valence-electron chi connectivity index (χ3n) is 5.71. The molecule has 0 bridgehead atoms. The van der Waals surface area contributed by atoms with Crippen LogP contribution < -0.4 is 16.0 Å². The number of nitrogens with one attached hydrogen (secondary N) is 3. The quantitative estimate of drug-likeness (QED) is 0.678. The molecule has 0 unspecified atom stereocenters. The second-order valence-electron chi connectivity index (χ2n) is 7.84. The van der Waals surface area contributed by atoms with Crippen molar-refractivity contribution >= 4 is 29.1 Å². The number of carbonyl (C=O) groups is 3. The van der Waals surface area contributed by atoms with Crippen LogP contribution in [0.25, 0.3) is 0 Å². The van der Waals surface area contributed by atoms with Gasteiger partial charge >= 0.3 is 11.8 Å². The van der Waals surface area contributed by atoms with E-state index >= 15 is 0 Å². The van der Waals surface area contributed by atoms with Crippen molar-refractivity contribution in [1.29, 1.82) is 0 Å². The van der Waals surface area contributed by atoms with Gasteiger partial charge in [0.1, 0.15) is 0 Å². The number of rotatable bonds is 5. The molecule has 1 aromatic carbocycles. The summed E-state index contributed by atoms with van der Waals surface area (Å²) < 4.78 is 0. The second-order valence-corrected chi connectivity index (χ2v) is 7.84. The van der Waals surface area contributed by atoms with Crippen LogP contribution in [0, 0.1) is 5.92 Å². The van der Waals surface area contributed by atoms with Crippen molar-refractivity contribution < 1.29 is 14.4 Å². The fraction of sp³-hybridized carbons (Fsp3) is 0.571. The minimum Gasteiger partial charge on any atom is -0.348 e. The van der Waals surface area contributed by atoms with Crippen molar-refractivity contribution in [2.24, 2.45) is 5.92 Å². The molecule has 0 aromatic heterocycles. The van der Waals surface area contributed by atoms with Crippen LogP contribution in [0.5, 0.6) is 0 Å². The van der Waals surface area contributed by atoms with Crippen molar-refractivity contribution in [3.63, 3.8) is 0 Å². The number of piperidine rings is 1. The van der Waals surface area contributed by atoms with E-state index < -0.39 is 11.8 Å². The third kappa shape index (κ3) is 5.79. The minimum absolute atomic E-state index is 0.162. The van der Waals surface area contributed by atoms with Crippen LogP contribution in [-0.2, 0) is 14.4 Å². The highest BCUT2D eigenvalue weighted by molar-refractivity contribution is 6.39. The van der Waals surface area contributed by atoms with Gasteiger partial charge in [0.15, 0.2) is 0 Å². The largest absolute Gasteiger partial charge is 0.348 e. The van der Waals surface area contributed by atoms with E-state index in [1.165, 1.54) is 32.6 Å². The molecule has 3 rings (SSSR count). The Labute approximate surface area is 166 Å². The van der Waals surface area contributed by atoms with Crippen molar-refractivity contribution in [1.82, 2.24) is 10.2 Å². The lowest BCUT2D eigenvalue weighted by atomic mass is 9.95. The van der Waals surface area contributed by atoms with Crippen molar-refractivity contribution in [2.75, 3.05) is 30.3 Å². The van der Waals surface area contributed by atoms with E-state index in [2.05, 4.69) is 20.9 Å². The van der Waals surface area contributed by atoms with Crippen LogP contribution in [0.2, 0.25) is 0 Å². The number of likely N-dealkylation sites (tertiary alicyclic amines) is 1.